The van der Waals surface area contributed by atoms with Crippen molar-refractivity contribution in [3.8, 4) is 0 Å². The van der Waals surface area contributed by atoms with Crippen molar-refractivity contribution in [3.05, 3.63) is 71.8 Å². The molecular formula is C17H16ClNO2. The maximum atomic E-state index is 12.3. The molecule has 2 aromatic rings. The molecule has 108 valence electrons. The van der Waals surface area contributed by atoms with Gasteiger partial charge in [-0.05, 0) is 5.56 Å². The lowest BCUT2D eigenvalue weighted by Crippen LogP contribution is -2.31. The van der Waals surface area contributed by atoms with E-state index in [1.165, 1.54) is 0 Å². The molecule has 0 aliphatic carbocycles. The van der Waals surface area contributed by atoms with Crippen molar-refractivity contribution in [3.63, 3.8) is 0 Å². The number of Topliss-reactive ketones (excluding diaryl/α,β-unsaturated/α-hetero) is 1. The highest BCUT2D eigenvalue weighted by Gasteiger charge is 2.18. The minimum Gasteiger partial charge on any atom is -0.348 e. The fourth-order valence-electron chi connectivity index (χ4n) is 2.10. The van der Waals surface area contributed by atoms with Crippen LogP contribution in [-0.2, 0) is 4.79 Å². The molecule has 4 heteroatoms. The third-order valence-corrected chi connectivity index (χ3v) is 3.39. The van der Waals surface area contributed by atoms with Crippen LogP contribution in [0, 0.1) is 0 Å². The summed E-state index contributed by atoms with van der Waals surface area (Å²) >= 11 is 5.54. The van der Waals surface area contributed by atoms with Gasteiger partial charge in [0, 0.05) is 12.0 Å². The number of carbonyl (C=O) groups is 2. The van der Waals surface area contributed by atoms with Crippen LogP contribution in [-0.4, -0.2) is 17.6 Å². The van der Waals surface area contributed by atoms with Crippen LogP contribution in [0.15, 0.2) is 60.7 Å². The van der Waals surface area contributed by atoms with Gasteiger partial charge in [0.1, 0.15) is 5.88 Å². The Bertz CT molecular complexity index is 599. The number of nitrogens with one attached hydrogen (secondary N) is 1. The van der Waals surface area contributed by atoms with Gasteiger partial charge in [-0.1, -0.05) is 60.7 Å². The Hall–Kier alpha value is -2.13. The van der Waals surface area contributed by atoms with Crippen LogP contribution in [0.2, 0.25) is 0 Å². The van der Waals surface area contributed by atoms with Gasteiger partial charge in [-0.2, -0.15) is 0 Å². The van der Waals surface area contributed by atoms with Gasteiger partial charge in [0.15, 0.2) is 5.78 Å². The van der Waals surface area contributed by atoms with E-state index in [9.17, 15) is 9.59 Å². The number of amides is 1. The van der Waals surface area contributed by atoms with E-state index in [-0.39, 0.29) is 30.0 Å². The Morgan fingerprint density at radius 3 is 2.10 bits per heavy atom. The van der Waals surface area contributed by atoms with Gasteiger partial charge >= 0.3 is 0 Å². The molecule has 0 saturated carbocycles. The van der Waals surface area contributed by atoms with Crippen LogP contribution in [0.4, 0.5) is 0 Å². The molecule has 0 heterocycles. The largest absolute Gasteiger partial charge is 0.348 e. The highest BCUT2D eigenvalue weighted by Crippen LogP contribution is 2.19. The molecule has 0 fully saturated rings. The minimum absolute atomic E-state index is 0.0145. The fraction of sp³-hybridized carbons (Fsp3) is 0.176. The lowest BCUT2D eigenvalue weighted by molar-refractivity contribution is -0.119. The average Bonchev–Trinajstić information content (AvgIpc) is 2.55. The quantitative estimate of drug-likeness (QED) is 0.657. The van der Waals surface area contributed by atoms with E-state index in [1.807, 2.05) is 48.5 Å². The smallest absolute Gasteiger partial charge is 0.235 e. The Kier molecular flexibility index (Phi) is 5.52. The van der Waals surface area contributed by atoms with Crippen LogP contribution in [0.5, 0.6) is 0 Å². The third kappa shape index (κ3) is 4.43. The summed E-state index contributed by atoms with van der Waals surface area (Å²) in [7, 11) is 0. The first kappa shape index (κ1) is 15.3. The second-order valence-corrected chi connectivity index (χ2v) is 4.93. The zero-order chi connectivity index (χ0) is 15.1. The first-order chi connectivity index (χ1) is 10.2. The molecule has 3 nitrogen and oxygen atoms in total. The number of halogens is 1. The van der Waals surface area contributed by atoms with Crippen molar-refractivity contribution >= 4 is 23.3 Å². The molecule has 1 atom stereocenters. The van der Waals surface area contributed by atoms with E-state index in [2.05, 4.69) is 5.32 Å². The Morgan fingerprint density at radius 1 is 0.952 bits per heavy atom. The normalized spacial score (nSPS) is 11.7. The predicted molar refractivity (Wildman–Crippen MR) is 83.4 cm³/mol. The first-order valence-corrected chi connectivity index (χ1v) is 7.22. The topological polar surface area (TPSA) is 46.2 Å². The maximum absolute atomic E-state index is 12.3. The SMILES string of the molecule is O=C(CCl)NC(CC(=O)c1ccccc1)c1ccccc1. The van der Waals surface area contributed by atoms with E-state index < -0.39 is 0 Å². The van der Waals surface area contributed by atoms with Crippen molar-refractivity contribution in [2.75, 3.05) is 5.88 Å². The van der Waals surface area contributed by atoms with Crippen molar-refractivity contribution in [2.24, 2.45) is 0 Å². The number of hydrogen-bond acceptors (Lipinski definition) is 2. The summed E-state index contributed by atoms with van der Waals surface area (Å²) in [6.07, 6.45) is 0.205. The second-order valence-electron chi connectivity index (χ2n) is 4.66. The zero-order valence-electron chi connectivity index (χ0n) is 11.5. The van der Waals surface area contributed by atoms with E-state index in [0.717, 1.165) is 5.56 Å². The van der Waals surface area contributed by atoms with Crippen molar-refractivity contribution in [1.82, 2.24) is 5.32 Å². The Labute approximate surface area is 128 Å². The summed E-state index contributed by atoms with van der Waals surface area (Å²) in [4.78, 5) is 23.9. The van der Waals surface area contributed by atoms with E-state index in [1.54, 1.807) is 12.1 Å². The van der Waals surface area contributed by atoms with E-state index in [0.29, 0.717) is 5.56 Å². The molecule has 0 aromatic heterocycles. The highest BCUT2D eigenvalue weighted by atomic mass is 35.5. The van der Waals surface area contributed by atoms with Gasteiger partial charge in [0.05, 0.1) is 6.04 Å². The average molecular weight is 302 g/mol. The van der Waals surface area contributed by atoms with E-state index >= 15 is 0 Å². The molecule has 0 spiro atoms. The molecular weight excluding hydrogens is 286 g/mol. The zero-order valence-corrected chi connectivity index (χ0v) is 12.2. The number of carbonyl (C=O) groups excluding carboxylic acids is 2. The molecule has 0 saturated heterocycles. The van der Waals surface area contributed by atoms with Crippen molar-refractivity contribution in [1.29, 1.82) is 0 Å². The highest BCUT2D eigenvalue weighted by molar-refractivity contribution is 6.27. The third-order valence-electron chi connectivity index (χ3n) is 3.14. The molecule has 2 aromatic carbocycles. The molecule has 0 aliphatic heterocycles. The van der Waals surface area contributed by atoms with Gasteiger partial charge < -0.3 is 5.32 Å². The molecule has 0 radical (unpaired) electrons. The predicted octanol–water partition coefficient (Wildman–Crippen LogP) is 3.36. The maximum Gasteiger partial charge on any atom is 0.235 e. The van der Waals surface area contributed by atoms with Gasteiger partial charge in [0.25, 0.3) is 0 Å². The molecule has 1 unspecified atom stereocenters. The van der Waals surface area contributed by atoms with Crippen LogP contribution in [0.1, 0.15) is 28.4 Å². The number of ketones is 1. The summed E-state index contributed by atoms with van der Waals surface area (Å²) in [5.41, 5.74) is 1.53. The van der Waals surface area contributed by atoms with E-state index in [4.69, 9.17) is 11.6 Å². The lowest BCUT2D eigenvalue weighted by Gasteiger charge is -2.18. The standard InChI is InChI=1S/C17H16ClNO2/c18-12-17(21)19-15(13-7-3-1-4-8-13)11-16(20)14-9-5-2-6-10-14/h1-10,15H,11-12H2,(H,19,21). The summed E-state index contributed by atoms with van der Waals surface area (Å²) in [6.45, 7) is 0. The van der Waals surface area contributed by atoms with Crippen molar-refractivity contribution in [2.45, 2.75) is 12.5 Å². The van der Waals surface area contributed by atoms with Crippen LogP contribution >= 0.6 is 11.6 Å². The van der Waals surface area contributed by atoms with Crippen molar-refractivity contribution < 1.29 is 9.59 Å². The fourth-order valence-corrected chi connectivity index (χ4v) is 2.17. The molecule has 0 aliphatic rings. The minimum atomic E-state index is -0.370. The number of hydrogen-bond donors (Lipinski definition) is 1. The summed E-state index contributed by atoms with van der Waals surface area (Å²) in [6, 6.07) is 18.1. The Morgan fingerprint density at radius 2 is 1.52 bits per heavy atom. The summed E-state index contributed by atoms with van der Waals surface area (Å²) < 4.78 is 0. The summed E-state index contributed by atoms with van der Waals surface area (Å²) in [5, 5.41) is 2.79. The lowest BCUT2D eigenvalue weighted by atomic mass is 9.98. The number of benzene rings is 2. The van der Waals surface area contributed by atoms with Gasteiger partial charge in [0.2, 0.25) is 5.91 Å². The second kappa shape index (κ2) is 7.60. The molecule has 1 amide bonds. The molecule has 1 N–H and O–H groups in total. The van der Waals surface area contributed by atoms with Gasteiger partial charge in [-0.25, -0.2) is 0 Å². The summed E-state index contributed by atoms with van der Waals surface area (Å²) in [5.74, 6) is -0.422. The van der Waals surface area contributed by atoms with Crippen LogP contribution in [0.3, 0.4) is 0 Å². The Balaban J connectivity index is 2.16. The number of alkyl halides is 1. The molecule has 0 bridgehead atoms. The first-order valence-electron chi connectivity index (χ1n) is 6.69. The van der Waals surface area contributed by atoms with Gasteiger partial charge in [-0.3, -0.25) is 9.59 Å². The number of rotatable bonds is 6. The van der Waals surface area contributed by atoms with Crippen LogP contribution < -0.4 is 5.32 Å². The van der Waals surface area contributed by atoms with Gasteiger partial charge in [-0.15, -0.1) is 11.6 Å². The van der Waals surface area contributed by atoms with Crippen LogP contribution in [0.25, 0.3) is 0 Å². The molecule has 2 rings (SSSR count). The molecule has 21 heavy (non-hydrogen) atoms. The monoisotopic (exact) mass is 301 g/mol.